The maximum absolute atomic E-state index is 13.6. The summed E-state index contributed by atoms with van der Waals surface area (Å²) in [5.41, 5.74) is -0.511. The summed E-state index contributed by atoms with van der Waals surface area (Å²) in [7, 11) is 2.96. The number of ether oxygens (including phenoxy) is 2. The third-order valence-electron chi connectivity index (χ3n) is 5.73. The number of carbonyl (C=O) groups excluding carboxylic acids is 1. The first-order valence-corrected chi connectivity index (χ1v) is 10.9. The second-order valence-electron chi connectivity index (χ2n) is 7.88. The standard InChI is InChI=1S/C26H20FN3O6/c1-34-17-11-12-19(21(13-17)35-2)28-22(31)14-29-23-18-5-3-4-6-20(18)36-24(23)25(32)30(26(29)33)16-9-7-15(27)8-10-16/h3-13H,14H2,1-2H3,(H,28,31). The maximum atomic E-state index is 13.6. The average Bonchev–Trinajstić information content (AvgIpc) is 3.28. The van der Waals surface area contributed by atoms with E-state index < -0.39 is 29.5 Å². The van der Waals surface area contributed by atoms with Gasteiger partial charge in [0.05, 0.1) is 25.6 Å². The Labute approximate surface area is 202 Å². The van der Waals surface area contributed by atoms with Crippen molar-refractivity contribution in [2.45, 2.75) is 6.54 Å². The molecule has 0 aliphatic rings. The Balaban J connectivity index is 1.66. The van der Waals surface area contributed by atoms with Crippen LogP contribution in [0.1, 0.15) is 0 Å². The van der Waals surface area contributed by atoms with Crippen LogP contribution >= 0.6 is 0 Å². The molecule has 2 heterocycles. The van der Waals surface area contributed by atoms with E-state index in [4.69, 9.17) is 13.9 Å². The van der Waals surface area contributed by atoms with E-state index in [-0.39, 0.29) is 16.8 Å². The molecule has 36 heavy (non-hydrogen) atoms. The molecule has 1 N–H and O–H groups in total. The van der Waals surface area contributed by atoms with Gasteiger partial charge >= 0.3 is 11.2 Å². The van der Waals surface area contributed by atoms with Gasteiger partial charge in [0.25, 0.3) is 0 Å². The van der Waals surface area contributed by atoms with Crippen molar-refractivity contribution >= 4 is 33.7 Å². The van der Waals surface area contributed by atoms with E-state index in [9.17, 15) is 18.8 Å². The van der Waals surface area contributed by atoms with Crippen LogP contribution in [0.2, 0.25) is 0 Å². The fraction of sp³-hybridized carbons (Fsp3) is 0.115. The molecule has 0 aliphatic carbocycles. The molecule has 9 nitrogen and oxygen atoms in total. The van der Waals surface area contributed by atoms with Crippen molar-refractivity contribution < 1.29 is 23.1 Å². The van der Waals surface area contributed by atoms with E-state index in [1.807, 2.05) is 0 Å². The van der Waals surface area contributed by atoms with E-state index in [0.29, 0.717) is 28.2 Å². The van der Waals surface area contributed by atoms with Gasteiger partial charge in [-0.1, -0.05) is 12.1 Å². The Morgan fingerprint density at radius 2 is 1.75 bits per heavy atom. The van der Waals surface area contributed by atoms with Crippen molar-refractivity contribution in [3.05, 3.63) is 93.4 Å². The number of halogens is 1. The van der Waals surface area contributed by atoms with Crippen LogP contribution < -0.4 is 26.0 Å². The zero-order valence-electron chi connectivity index (χ0n) is 19.3. The molecule has 3 aromatic carbocycles. The van der Waals surface area contributed by atoms with Gasteiger partial charge in [-0.05, 0) is 48.5 Å². The molecule has 5 aromatic rings. The second-order valence-corrected chi connectivity index (χ2v) is 7.88. The summed E-state index contributed by atoms with van der Waals surface area (Å²) in [6, 6.07) is 16.6. The lowest BCUT2D eigenvalue weighted by molar-refractivity contribution is -0.116. The molecule has 5 rings (SSSR count). The lowest BCUT2D eigenvalue weighted by atomic mass is 10.2. The summed E-state index contributed by atoms with van der Waals surface area (Å²) in [5, 5.41) is 3.23. The van der Waals surface area contributed by atoms with Gasteiger partial charge in [0, 0.05) is 11.5 Å². The Morgan fingerprint density at radius 3 is 2.47 bits per heavy atom. The molecule has 0 saturated heterocycles. The van der Waals surface area contributed by atoms with E-state index in [1.165, 1.54) is 26.4 Å². The van der Waals surface area contributed by atoms with Crippen molar-refractivity contribution in [1.29, 1.82) is 0 Å². The zero-order valence-corrected chi connectivity index (χ0v) is 19.3. The van der Waals surface area contributed by atoms with Crippen LogP contribution in [0.25, 0.3) is 27.8 Å². The fourth-order valence-corrected chi connectivity index (χ4v) is 4.05. The maximum Gasteiger partial charge on any atom is 0.336 e. The number of rotatable bonds is 6. The van der Waals surface area contributed by atoms with Gasteiger partial charge in [-0.15, -0.1) is 0 Å². The molecule has 0 unspecified atom stereocenters. The minimum atomic E-state index is -0.775. The minimum Gasteiger partial charge on any atom is -0.497 e. The van der Waals surface area contributed by atoms with Gasteiger partial charge in [-0.3, -0.25) is 14.2 Å². The number of furan rings is 1. The molecule has 182 valence electrons. The monoisotopic (exact) mass is 489 g/mol. The van der Waals surface area contributed by atoms with Gasteiger partial charge in [0.2, 0.25) is 11.5 Å². The molecule has 0 atom stereocenters. The summed E-state index contributed by atoms with van der Waals surface area (Å²) in [6.07, 6.45) is 0. The third kappa shape index (κ3) is 3.88. The van der Waals surface area contributed by atoms with Crippen molar-refractivity contribution in [1.82, 2.24) is 9.13 Å². The number of carbonyl (C=O) groups is 1. The zero-order chi connectivity index (χ0) is 25.4. The Bertz CT molecular complexity index is 1730. The summed E-state index contributed by atoms with van der Waals surface area (Å²) < 4.78 is 31.8. The largest absolute Gasteiger partial charge is 0.497 e. The number of amides is 1. The highest BCUT2D eigenvalue weighted by Crippen LogP contribution is 2.29. The number of fused-ring (bicyclic) bond motifs is 3. The fourth-order valence-electron chi connectivity index (χ4n) is 4.05. The molecule has 0 fully saturated rings. The number of aromatic nitrogens is 2. The molecule has 10 heteroatoms. The predicted molar refractivity (Wildman–Crippen MR) is 132 cm³/mol. The van der Waals surface area contributed by atoms with Crippen molar-refractivity contribution in [3.63, 3.8) is 0 Å². The Kier molecular flexibility index (Phi) is 5.77. The van der Waals surface area contributed by atoms with Gasteiger partial charge in [-0.2, -0.15) is 0 Å². The summed E-state index contributed by atoms with van der Waals surface area (Å²) >= 11 is 0. The topological polar surface area (TPSA) is 105 Å². The molecule has 0 aliphatic heterocycles. The van der Waals surface area contributed by atoms with E-state index in [2.05, 4.69) is 5.32 Å². The van der Waals surface area contributed by atoms with Crippen molar-refractivity contribution in [3.8, 4) is 17.2 Å². The molecular weight excluding hydrogens is 469 g/mol. The third-order valence-corrected chi connectivity index (χ3v) is 5.73. The lowest BCUT2D eigenvalue weighted by Crippen LogP contribution is -2.40. The molecule has 1 amide bonds. The quantitative estimate of drug-likeness (QED) is 0.390. The first kappa shape index (κ1) is 22.9. The van der Waals surface area contributed by atoms with Crippen LogP contribution in [0.5, 0.6) is 11.5 Å². The first-order chi connectivity index (χ1) is 17.4. The molecular formula is C26H20FN3O6. The molecule has 0 radical (unpaired) electrons. The average molecular weight is 489 g/mol. The van der Waals surface area contributed by atoms with E-state index in [1.54, 1.807) is 42.5 Å². The smallest absolute Gasteiger partial charge is 0.336 e. The summed E-state index contributed by atoms with van der Waals surface area (Å²) in [4.78, 5) is 40.0. The van der Waals surface area contributed by atoms with Gasteiger partial charge < -0.3 is 19.2 Å². The SMILES string of the molecule is COc1ccc(NC(=O)Cn2c(=O)n(-c3ccc(F)cc3)c(=O)c3oc4ccccc4c32)c(OC)c1. The first-order valence-electron chi connectivity index (χ1n) is 10.9. The van der Waals surface area contributed by atoms with Crippen LogP contribution in [0.4, 0.5) is 10.1 Å². The Morgan fingerprint density at radius 1 is 1.00 bits per heavy atom. The molecule has 0 saturated carbocycles. The number of benzene rings is 3. The summed E-state index contributed by atoms with van der Waals surface area (Å²) in [6.45, 7) is -0.435. The van der Waals surface area contributed by atoms with Gasteiger partial charge in [0.15, 0.2) is 0 Å². The van der Waals surface area contributed by atoms with Crippen LogP contribution in [0, 0.1) is 5.82 Å². The number of nitrogens with one attached hydrogen (secondary N) is 1. The van der Waals surface area contributed by atoms with Gasteiger partial charge in [0.1, 0.15) is 35.0 Å². The highest BCUT2D eigenvalue weighted by Gasteiger charge is 2.22. The number of hydrogen-bond donors (Lipinski definition) is 1. The molecule has 0 bridgehead atoms. The van der Waals surface area contributed by atoms with Crippen molar-refractivity contribution in [2.24, 2.45) is 0 Å². The van der Waals surface area contributed by atoms with Gasteiger partial charge in [-0.25, -0.2) is 13.8 Å². The van der Waals surface area contributed by atoms with E-state index >= 15 is 0 Å². The highest BCUT2D eigenvalue weighted by molar-refractivity contribution is 6.03. The molecule has 0 spiro atoms. The predicted octanol–water partition coefficient (Wildman–Crippen LogP) is 3.69. The minimum absolute atomic E-state index is 0.102. The number of nitrogens with zero attached hydrogens (tertiary/aromatic N) is 2. The highest BCUT2D eigenvalue weighted by atomic mass is 19.1. The number of hydrogen-bond acceptors (Lipinski definition) is 6. The van der Waals surface area contributed by atoms with Crippen LogP contribution in [-0.4, -0.2) is 29.3 Å². The van der Waals surface area contributed by atoms with Crippen LogP contribution in [0.3, 0.4) is 0 Å². The second kappa shape index (κ2) is 9.06. The lowest BCUT2D eigenvalue weighted by Gasteiger charge is -2.14. The summed E-state index contributed by atoms with van der Waals surface area (Å²) in [5.74, 6) is -0.162. The number of methoxy groups -OCH3 is 2. The Hall–Kier alpha value is -4.86. The van der Waals surface area contributed by atoms with Crippen LogP contribution in [0.15, 0.2) is 80.7 Å². The molecule has 2 aromatic heterocycles. The normalized spacial score (nSPS) is 11.1. The number of para-hydroxylation sites is 1. The van der Waals surface area contributed by atoms with Crippen molar-refractivity contribution in [2.75, 3.05) is 19.5 Å². The van der Waals surface area contributed by atoms with E-state index in [0.717, 1.165) is 21.3 Å². The number of anilines is 1. The van der Waals surface area contributed by atoms with Crippen LogP contribution in [-0.2, 0) is 11.3 Å².